The first-order valence-electron chi connectivity index (χ1n) is 11.3. The largest absolute Gasteiger partial charge is 0.478 e. The number of carboxylic acids is 1. The van der Waals surface area contributed by atoms with Gasteiger partial charge in [-0.3, -0.25) is 14.4 Å². The van der Waals surface area contributed by atoms with Gasteiger partial charge in [-0.2, -0.15) is 0 Å². The molecule has 1 aromatic carbocycles. The van der Waals surface area contributed by atoms with Gasteiger partial charge in [-0.25, -0.2) is 4.79 Å². The quantitative estimate of drug-likeness (QED) is 0.0665. The lowest BCUT2D eigenvalue weighted by Crippen LogP contribution is -2.57. The third kappa shape index (κ3) is 6.96. The lowest BCUT2D eigenvalue weighted by Gasteiger charge is -2.29. The molecule has 13 heteroatoms. The second kappa shape index (κ2) is 12.5. The van der Waals surface area contributed by atoms with Crippen molar-refractivity contribution in [3.05, 3.63) is 69.4 Å². The first-order valence-corrected chi connectivity index (χ1v) is 12.1. The highest BCUT2D eigenvalue weighted by Gasteiger charge is 2.36. The Hall–Kier alpha value is -4.67. The van der Waals surface area contributed by atoms with E-state index >= 15 is 0 Å². The SMILES string of the molecule is CC(O)[C@H](NC(=O)C#Cc1ccc(C(=O)O)cc1)C(=O)N1CC=CC1C(=O)NCc1ccc(/C(N)=N/O)s1. The van der Waals surface area contributed by atoms with E-state index in [0.29, 0.717) is 10.4 Å². The van der Waals surface area contributed by atoms with Crippen molar-refractivity contribution < 1.29 is 34.6 Å². The number of thiophene rings is 1. The fourth-order valence-corrected chi connectivity index (χ4v) is 4.33. The van der Waals surface area contributed by atoms with Crippen molar-refractivity contribution in [2.24, 2.45) is 10.9 Å². The van der Waals surface area contributed by atoms with Crippen LogP contribution in [0, 0.1) is 11.8 Å². The molecule has 38 heavy (non-hydrogen) atoms. The number of aliphatic hydroxyl groups excluding tert-OH is 1. The van der Waals surface area contributed by atoms with E-state index in [1.165, 1.54) is 47.4 Å². The maximum absolute atomic E-state index is 13.2. The van der Waals surface area contributed by atoms with Gasteiger partial charge in [0.15, 0.2) is 5.84 Å². The van der Waals surface area contributed by atoms with Gasteiger partial charge in [-0.1, -0.05) is 23.2 Å². The third-order valence-electron chi connectivity index (χ3n) is 5.45. The predicted octanol–water partition coefficient (Wildman–Crippen LogP) is -0.159. The topological polar surface area (TPSA) is 195 Å². The van der Waals surface area contributed by atoms with Gasteiger partial charge in [0.1, 0.15) is 12.1 Å². The summed E-state index contributed by atoms with van der Waals surface area (Å²) in [5.41, 5.74) is 6.01. The molecule has 0 spiro atoms. The Balaban J connectivity index is 1.62. The van der Waals surface area contributed by atoms with Crippen LogP contribution < -0.4 is 16.4 Å². The third-order valence-corrected chi connectivity index (χ3v) is 6.56. The van der Waals surface area contributed by atoms with Gasteiger partial charge >= 0.3 is 5.97 Å². The Morgan fingerprint density at radius 1 is 1.21 bits per heavy atom. The van der Waals surface area contributed by atoms with Crippen LogP contribution in [0.3, 0.4) is 0 Å². The molecule has 3 atom stereocenters. The van der Waals surface area contributed by atoms with Crippen molar-refractivity contribution in [3.63, 3.8) is 0 Å². The second-order valence-corrected chi connectivity index (χ2v) is 9.33. The number of carbonyl (C=O) groups excluding carboxylic acids is 3. The molecule has 198 valence electrons. The van der Waals surface area contributed by atoms with Crippen molar-refractivity contribution in [1.82, 2.24) is 15.5 Å². The zero-order chi connectivity index (χ0) is 27.8. The Bertz CT molecular complexity index is 1340. The first-order chi connectivity index (χ1) is 18.1. The van der Waals surface area contributed by atoms with E-state index in [2.05, 4.69) is 27.6 Å². The number of aliphatic hydroxyl groups is 1. The van der Waals surface area contributed by atoms with Gasteiger partial charge in [-0.05, 0) is 43.3 Å². The van der Waals surface area contributed by atoms with Gasteiger partial charge < -0.3 is 36.7 Å². The molecule has 2 unspecified atom stereocenters. The van der Waals surface area contributed by atoms with Crippen LogP contribution in [0.25, 0.3) is 0 Å². The highest BCUT2D eigenvalue weighted by atomic mass is 32.1. The molecule has 0 radical (unpaired) electrons. The highest BCUT2D eigenvalue weighted by molar-refractivity contribution is 7.14. The van der Waals surface area contributed by atoms with Crippen LogP contribution in [0.4, 0.5) is 0 Å². The Morgan fingerprint density at radius 2 is 1.92 bits per heavy atom. The van der Waals surface area contributed by atoms with Crippen molar-refractivity contribution in [2.75, 3.05) is 6.54 Å². The van der Waals surface area contributed by atoms with Gasteiger partial charge in [0.05, 0.1) is 23.1 Å². The monoisotopic (exact) mass is 539 g/mol. The lowest BCUT2D eigenvalue weighted by atomic mass is 10.1. The minimum atomic E-state index is -1.36. The molecule has 0 aliphatic carbocycles. The zero-order valence-corrected chi connectivity index (χ0v) is 20.9. The van der Waals surface area contributed by atoms with E-state index < -0.39 is 41.9 Å². The fourth-order valence-electron chi connectivity index (χ4n) is 3.49. The average Bonchev–Trinajstić information content (AvgIpc) is 3.58. The Kier molecular flexibility index (Phi) is 9.20. The second-order valence-electron chi connectivity index (χ2n) is 8.16. The molecule has 3 rings (SSSR count). The molecule has 0 saturated carbocycles. The number of hydrogen-bond donors (Lipinski definition) is 6. The summed E-state index contributed by atoms with van der Waals surface area (Å²) in [6, 6.07) is 6.61. The molecule has 0 saturated heterocycles. The smallest absolute Gasteiger partial charge is 0.335 e. The van der Waals surface area contributed by atoms with Gasteiger partial charge in [-0.15, -0.1) is 11.3 Å². The number of benzene rings is 1. The highest BCUT2D eigenvalue weighted by Crippen LogP contribution is 2.17. The summed E-state index contributed by atoms with van der Waals surface area (Å²) in [4.78, 5) is 51.8. The molecule has 2 aromatic rings. The Labute approximate surface area is 221 Å². The molecular formula is C25H25N5O7S. The molecular weight excluding hydrogens is 514 g/mol. The number of amidine groups is 1. The van der Waals surface area contributed by atoms with Crippen LogP contribution >= 0.6 is 11.3 Å². The number of nitrogens with one attached hydrogen (secondary N) is 2. The first kappa shape index (κ1) is 27.9. The number of carbonyl (C=O) groups is 4. The predicted molar refractivity (Wildman–Crippen MR) is 137 cm³/mol. The minimum Gasteiger partial charge on any atom is -0.478 e. The van der Waals surface area contributed by atoms with Crippen LogP contribution in [-0.2, 0) is 20.9 Å². The minimum absolute atomic E-state index is 0.0462. The van der Waals surface area contributed by atoms with Crippen LogP contribution in [0.15, 0.2) is 53.7 Å². The number of nitrogens with two attached hydrogens (primary N) is 1. The molecule has 7 N–H and O–H groups in total. The molecule has 1 aliphatic heterocycles. The zero-order valence-electron chi connectivity index (χ0n) is 20.1. The summed E-state index contributed by atoms with van der Waals surface area (Å²) in [6.45, 7) is 1.58. The molecule has 0 fully saturated rings. The van der Waals surface area contributed by atoms with E-state index in [1.807, 2.05) is 0 Å². The summed E-state index contributed by atoms with van der Waals surface area (Å²) in [7, 11) is 0. The molecule has 3 amide bonds. The maximum atomic E-state index is 13.2. The van der Waals surface area contributed by atoms with Crippen LogP contribution in [0.1, 0.15) is 32.6 Å². The van der Waals surface area contributed by atoms with Crippen LogP contribution in [0.5, 0.6) is 0 Å². The van der Waals surface area contributed by atoms with E-state index in [0.717, 1.165) is 4.88 Å². The summed E-state index contributed by atoms with van der Waals surface area (Å²) >= 11 is 1.23. The van der Waals surface area contributed by atoms with Crippen molar-refractivity contribution in [1.29, 1.82) is 0 Å². The van der Waals surface area contributed by atoms with Crippen molar-refractivity contribution >= 4 is 40.9 Å². The molecule has 1 aromatic heterocycles. The van der Waals surface area contributed by atoms with Crippen LogP contribution in [0.2, 0.25) is 0 Å². The maximum Gasteiger partial charge on any atom is 0.335 e. The molecule has 12 nitrogen and oxygen atoms in total. The average molecular weight is 540 g/mol. The number of amides is 3. The summed E-state index contributed by atoms with van der Waals surface area (Å²) < 4.78 is 0. The number of hydrogen-bond acceptors (Lipinski definition) is 8. The number of rotatable bonds is 8. The normalized spacial score (nSPS) is 16.2. The van der Waals surface area contributed by atoms with Crippen molar-refractivity contribution in [3.8, 4) is 11.8 Å². The summed E-state index contributed by atoms with van der Waals surface area (Å²) in [5, 5.41) is 35.9. The number of nitrogens with zero attached hydrogens (tertiary/aromatic N) is 2. The van der Waals surface area contributed by atoms with Gasteiger partial charge in [0.2, 0.25) is 11.8 Å². The number of oxime groups is 1. The van der Waals surface area contributed by atoms with Gasteiger partial charge in [0, 0.05) is 22.9 Å². The number of carboxylic acid groups (broad SMARTS) is 1. The Morgan fingerprint density at radius 3 is 2.55 bits per heavy atom. The summed E-state index contributed by atoms with van der Waals surface area (Å²) in [5.74, 6) is 1.77. The lowest BCUT2D eigenvalue weighted by molar-refractivity contribution is -0.142. The van der Waals surface area contributed by atoms with E-state index in [1.54, 1.807) is 24.3 Å². The standard InChI is InChI=1S/C25H25N5O7S/c1-14(31)21(28-20(32)11-6-15-4-7-16(8-5-15)25(35)36)24(34)30-12-2-3-18(30)23(33)27-13-17-9-10-19(38-17)22(26)29-37/h2-5,7-10,14,18,21,31,37H,12-13H2,1H3,(H2,26,29)(H,27,33)(H,28,32)(H,35,36)/t14?,18?,21-/m0/s1. The summed E-state index contributed by atoms with van der Waals surface area (Å²) in [6.07, 6.45) is 1.90. The molecule has 2 heterocycles. The van der Waals surface area contributed by atoms with E-state index in [-0.39, 0.29) is 24.5 Å². The van der Waals surface area contributed by atoms with E-state index in [4.69, 9.17) is 16.0 Å². The fraction of sp³-hybridized carbons (Fsp3) is 0.240. The number of aromatic carboxylic acids is 1. The van der Waals surface area contributed by atoms with Crippen molar-refractivity contribution in [2.45, 2.75) is 31.7 Å². The molecule has 0 bridgehead atoms. The molecule has 1 aliphatic rings. The van der Waals surface area contributed by atoms with Gasteiger partial charge in [0.25, 0.3) is 5.91 Å². The van der Waals surface area contributed by atoms with E-state index in [9.17, 15) is 24.3 Å². The van der Waals surface area contributed by atoms with Crippen LogP contribution in [-0.4, -0.2) is 74.6 Å².